The molecule has 0 spiro atoms. The smallest absolute Gasteiger partial charge is 0.227 e. The van der Waals surface area contributed by atoms with Gasteiger partial charge in [0.25, 0.3) is 5.29 Å². The van der Waals surface area contributed by atoms with Crippen molar-refractivity contribution in [2.24, 2.45) is 0 Å². The Hall–Kier alpha value is -1.24. The molecule has 0 aliphatic heterocycles. The summed E-state index contributed by atoms with van der Waals surface area (Å²) in [5, 5.41) is -11.3. The Labute approximate surface area is 178 Å². The fraction of sp³-hybridized carbons (Fsp3) is 0.500. The minimum absolute atomic E-state index is 3.23. The number of hydrogen-bond donors (Lipinski definition) is 0. The number of hydrogen-bond acceptors (Lipinski definition) is 0. The van der Waals surface area contributed by atoms with Crippen LogP contribution in [0, 0.1) is 29.1 Å². The summed E-state index contributed by atoms with van der Waals surface area (Å²) in [5.41, 5.74) is 0. The van der Waals surface area contributed by atoms with Gasteiger partial charge >= 0.3 is 36.8 Å². The van der Waals surface area contributed by atoms with E-state index in [1.54, 1.807) is 0 Å². The summed E-state index contributed by atoms with van der Waals surface area (Å²) in [6, 6.07) is 0. The van der Waals surface area contributed by atoms with Crippen molar-refractivity contribution in [3.05, 3.63) is 29.1 Å². The molecule has 1 atom stereocenters. The van der Waals surface area contributed by atoms with E-state index in [1.807, 2.05) is 0 Å². The van der Waals surface area contributed by atoms with Gasteiger partial charge in [-0.25, -0.2) is 26.3 Å². The summed E-state index contributed by atoms with van der Waals surface area (Å²) in [7, 11) is 0. The van der Waals surface area contributed by atoms with Crippen LogP contribution in [0.15, 0.2) is 0 Å². The molecule has 192 valence electrons. The predicted octanol–water partition coefficient (Wildman–Crippen LogP) is 6.79. The standard InChI is InChI=1S/C12Cl2F18Si/c13-33(14,6-4(18)2(16)1(15)3(17)5(6)19)10(26,12(30,31)32)8(22,23)7(20,21)9(24,25)11(27,28)29. The average molecular weight is 585 g/mol. The Bertz CT molecular complexity index is 905. The average Bonchev–Trinajstić information content (AvgIpc) is 2.61. The zero-order valence-corrected chi connectivity index (χ0v) is 16.6. The minimum atomic E-state index is -8.45. The third-order valence-corrected chi connectivity index (χ3v) is 9.15. The molecule has 0 nitrogen and oxygen atoms in total. The normalized spacial score (nSPS) is 16.7. The molecule has 0 radical (unpaired) electrons. The molecular weight excluding hydrogens is 585 g/mol. The highest BCUT2D eigenvalue weighted by Gasteiger charge is 2.94. The minimum Gasteiger partial charge on any atom is -0.227 e. The second-order valence-electron chi connectivity index (χ2n) is 5.90. The lowest BCUT2D eigenvalue weighted by Crippen LogP contribution is -2.79. The number of halogens is 20. The van der Waals surface area contributed by atoms with Crippen molar-refractivity contribution in [1.82, 2.24) is 0 Å². The molecule has 0 aromatic heterocycles. The molecule has 1 rings (SSSR count). The summed E-state index contributed by atoms with van der Waals surface area (Å²) >= 11 is 9.10. The van der Waals surface area contributed by atoms with E-state index in [1.165, 1.54) is 0 Å². The first-order valence-corrected chi connectivity index (χ1v) is 11.1. The molecule has 1 aromatic rings. The topological polar surface area (TPSA) is 0 Å². The number of benzene rings is 1. The molecule has 0 N–H and O–H groups in total. The van der Waals surface area contributed by atoms with Crippen LogP contribution in [0.3, 0.4) is 0 Å². The van der Waals surface area contributed by atoms with Crippen LogP contribution in [0.25, 0.3) is 0 Å². The summed E-state index contributed by atoms with van der Waals surface area (Å²) in [6.07, 6.45) is -15.7. The van der Waals surface area contributed by atoms with Gasteiger partial charge in [-0.2, -0.15) is 52.7 Å². The van der Waals surface area contributed by atoms with Gasteiger partial charge in [0.1, 0.15) is 0 Å². The van der Waals surface area contributed by atoms with Crippen molar-refractivity contribution in [3.8, 4) is 0 Å². The van der Waals surface area contributed by atoms with Crippen molar-refractivity contribution in [2.45, 2.75) is 35.4 Å². The summed E-state index contributed by atoms with van der Waals surface area (Å²) in [6.45, 7) is -8.20. The van der Waals surface area contributed by atoms with Gasteiger partial charge in [-0.05, 0) is 0 Å². The van der Waals surface area contributed by atoms with Gasteiger partial charge in [-0.15, -0.1) is 22.2 Å². The van der Waals surface area contributed by atoms with Crippen molar-refractivity contribution in [2.75, 3.05) is 0 Å². The van der Waals surface area contributed by atoms with E-state index in [0.717, 1.165) is 0 Å². The van der Waals surface area contributed by atoms with Crippen molar-refractivity contribution < 1.29 is 79.0 Å². The van der Waals surface area contributed by atoms with Crippen molar-refractivity contribution in [1.29, 1.82) is 0 Å². The highest BCUT2D eigenvalue weighted by Crippen LogP contribution is 2.63. The molecule has 0 saturated heterocycles. The van der Waals surface area contributed by atoms with E-state index in [2.05, 4.69) is 22.2 Å². The Balaban J connectivity index is 4.20. The first-order valence-electron chi connectivity index (χ1n) is 7.03. The molecule has 1 unspecified atom stereocenters. The van der Waals surface area contributed by atoms with E-state index < -0.39 is 76.4 Å². The van der Waals surface area contributed by atoms with Crippen LogP contribution >= 0.6 is 22.2 Å². The summed E-state index contributed by atoms with van der Waals surface area (Å²) in [4.78, 5) is 0. The molecule has 33 heavy (non-hydrogen) atoms. The summed E-state index contributed by atoms with van der Waals surface area (Å²) < 4.78 is 239. The van der Waals surface area contributed by atoms with Gasteiger partial charge in [0.2, 0.25) is 5.82 Å². The second kappa shape index (κ2) is 7.89. The fourth-order valence-electron chi connectivity index (χ4n) is 2.20. The molecule has 0 bridgehead atoms. The van der Waals surface area contributed by atoms with Crippen LogP contribution in [0.5, 0.6) is 0 Å². The molecule has 0 amide bonds. The first kappa shape index (κ1) is 29.8. The molecule has 0 aliphatic carbocycles. The highest BCUT2D eigenvalue weighted by atomic mass is 35.7. The second-order valence-corrected chi connectivity index (χ2v) is 12.2. The van der Waals surface area contributed by atoms with E-state index in [0.29, 0.717) is 0 Å². The molecule has 1 aromatic carbocycles. The van der Waals surface area contributed by atoms with Crippen LogP contribution in [0.4, 0.5) is 79.0 Å². The highest BCUT2D eigenvalue weighted by molar-refractivity contribution is 7.52. The van der Waals surface area contributed by atoms with Crippen LogP contribution in [-0.2, 0) is 0 Å². The van der Waals surface area contributed by atoms with Gasteiger partial charge in [0.15, 0.2) is 23.3 Å². The van der Waals surface area contributed by atoms with Gasteiger partial charge < -0.3 is 0 Å². The lowest BCUT2D eigenvalue weighted by Gasteiger charge is -2.45. The van der Waals surface area contributed by atoms with Gasteiger partial charge in [-0.1, -0.05) is 0 Å². The molecular formula is C12Cl2F18Si. The Morgan fingerprint density at radius 1 is 0.424 bits per heavy atom. The maximum atomic E-state index is 14.7. The lowest BCUT2D eigenvalue weighted by atomic mass is 9.98. The zero-order valence-electron chi connectivity index (χ0n) is 14.1. The third-order valence-electron chi connectivity index (χ3n) is 3.92. The SMILES string of the molecule is Fc1c(F)c(F)c([Si](Cl)(Cl)C(F)(C(F)(F)F)C(F)(F)C(F)(F)C(F)(F)C(F)(F)F)c(F)c1F. The van der Waals surface area contributed by atoms with Crippen LogP contribution in [0.2, 0.25) is 0 Å². The van der Waals surface area contributed by atoms with Crippen LogP contribution < -0.4 is 5.19 Å². The fourth-order valence-corrected chi connectivity index (χ4v) is 6.57. The van der Waals surface area contributed by atoms with Gasteiger partial charge in [0.05, 0.1) is 5.19 Å². The molecule has 0 aliphatic rings. The molecule has 0 saturated carbocycles. The third kappa shape index (κ3) is 3.71. The van der Waals surface area contributed by atoms with E-state index >= 15 is 0 Å². The van der Waals surface area contributed by atoms with Gasteiger partial charge in [0, 0.05) is 0 Å². The molecule has 0 heterocycles. The van der Waals surface area contributed by atoms with Crippen molar-refractivity contribution >= 4 is 34.0 Å². The largest absolute Gasteiger partial charge is 0.460 e. The predicted molar refractivity (Wildman–Crippen MR) is 74.1 cm³/mol. The molecule has 0 fully saturated rings. The Morgan fingerprint density at radius 3 is 1.00 bits per heavy atom. The van der Waals surface area contributed by atoms with Gasteiger partial charge in [-0.3, -0.25) is 0 Å². The Morgan fingerprint density at radius 2 is 0.727 bits per heavy atom. The zero-order chi connectivity index (χ0) is 27.0. The number of rotatable bonds is 5. The lowest BCUT2D eigenvalue weighted by molar-refractivity contribution is -0.421. The quantitative estimate of drug-likeness (QED) is 0.118. The molecule has 21 heteroatoms. The van der Waals surface area contributed by atoms with E-state index in [-0.39, 0.29) is 0 Å². The maximum Gasteiger partial charge on any atom is 0.460 e. The van der Waals surface area contributed by atoms with Crippen LogP contribution in [0.1, 0.15) is 0 Å². The monoisotopic (exact) mass is 584 g/mol. The Kier molecular flexibility index (Phi) is 7.12. The van der Waals surface area contributed by atoms with E-state index in [9.17, 15) is 79.0 Å². The first-order chi connectivity index (χ1) is 14.2. The van der Waals surface area contributed by atoms with E-state index in [4.69, 9.17) is 0 Å². The van der Waals surface area contributed by atoms with Crippen molar-refractivity contribution in [3.63, 3.8) is 0 Å². The van der Waals surface area contributed by atoms with Crippen LogP contribution in [-0.4, -0.2) is 42.1 Å². The summed E-state index contributed by atoms with van der Waals surface area (Å²) in [5.74, 6) is -42.3. The maximum absolute atomic E-state index is 14.7. The number of alkyl halides is 13.